The molecule has 0 unspecified atom stereocenters. The van der Waals surface area contributed by atoms with Gasteiger partial charge < -0.3 is 9.80 Å². The maximum atomic E-state index is 11.5. The molecule has 0 spiro atoms. The average molecular weight is 278 g/mol. The topological polar surface area (TPSA) is 67.2 Å². The largest absolute Gasteiger partial charge is 0.341 e. The molecule has 3 rings (SSSR count). The maximum Gasteiger partial charge on any atom is 0.245 e. The van der Waals surface area contributed by atoms with E-state index < -0.39 is 0 Å². The second-order valence-corrected chi connectivity index (χ2v) is 5.78. The van der Waals surface area contributed by atoms with Crippen molar-refractivity contribution in [1.29, 1.82) is 0 Å². The van der Waals surface area contributed by atoms with Crippen LogP contribution in [0, 0.1) is 5.92 Å². The highest BCUT2D eigenvalue weighted by Gasteiger charge is 2.24. The van der Waals surface area contributed by atoms with Gasteiger partial charge in [0.1, 0.15) is 0 Å². The van der Waals surface area contributed by atoms with Crippen molar-refractivity contribution in [2.24, 2.45) is 5.92 Å². The SMILES string of the molecule is CC(=O)N1CCCN(c2nnnn2CCC2CC2)CC1. The lowest BCUT2D eigenvalue weighted by atomic mass is 10.3. The molecule has 1 saturated heterocycles. The average Bonchev–Trinajstić information content (AvgIpc) is 3.19. The lowest BCUT2D eigenvalue weighted by molar-refractivity contribution is -0.128. The van der Waals surface area contributed by atoms with Crippen LogP contribution in [0.1, 0.15) is 32.6 Å². The van der Waals surface area contributed by atoms with E-state index in [1.807, 2.05) is 9.58 Å². The first-order valence-electron chi connectivity index (χ1n) is 7.50. The number of nitrogens with zero attached hydrogens (tertiary/aromatic N) is 6. The van der Waals surface area contributed by atoms with Gasteiger partial charge in [-0.1, -0.05) is 17.9 Å². The molecule has 20 heavy (non-hydrogen) atoms. The summed E-state index contributed by atoms with van der Waals surface area (Å²) in [5.74, 6) is 1.89. The Morgan fingerprint density at radius 1 is 1.25 bits per heavy atom. The number of rotatable bonds is 4. The van der Waals surface area contributed by atoms with Crippen molar-refractivity contribution in [1.82, 2.24) is 25.1 Å². The number of hydrogen-bond acceptors (Lipinski definition) is 5. The molecule has 1 aromatic rings. The van der Waals surface area contributed by atoms with Crippen LogP contribution < -0.4 is 4.90 Å². The molecular formula is C13H22N6O. The first-order valence-corrected chi connectivity index (χ1v) is 7.50. The number of amides is 1. The summed E-state index contributed by atoms with van der Waals surface area (Å²) in [6, 6.07) is 0. The van der Waals surface area contributed by atoms with Crippen molar-refractivity contribution in [3.8, 4) is 0 Å². The van der Waals surface area contributed by atoms with Gasteiger partial charge >= 0.3 is 0 Å². The van der Waals surface area contributed by atoms with Crippen molar-refractivity contribution in [3.05, 3.63) is 0 Å². The number of carbonyl (C=O) groups is 1. The summed E-state index contributed by atoms with van der Waals surface area (Å²) < 4.78 is 1.92. The summed E-state index contributed by atoms with van der Waals surface area (Å²) in [6.45, 7) is 5.84. The number of hydrogen-bond donors (Lipinski definition) is 0. The standard InChI is InChI=1S/C13H22N6O/c1-11(20)17-6-2-7-18(10-9-17)13-14-15-16-19(13)8-5-12-3-4-12/h12H,2-10H2,1H3. The Kier molecular flexibility index (Phi) is 3.84. The van der Waals surface area contributed by atoms with E-state index in [0.29, 0.717) is 0 Å². The van der Waals surface area contributed by atoms with E-state index in [9.17, 15) is 4.79 Å². The zero-order valence-corrected chi connectivity index (χ0v) is 12.0. The van der Waals surface area contributed by atoms with Crippen LogP contribution in [0.15, 0.2) is 0 Å². The van der Waals surface area contributed by atoms with Crippen LogP contribution >= 0.6 is 0 Å². The third kappa shape index (κ3) is 3.08. The molecule has 1 aliphatic heterocycles. The van der Waals surface area contributed by atoms with Crippen LogP contribution in [0.2, 0.25) is 0 Å². The zero-order chi connectivity index (χ0) is 13.9. The monoisotopic (exact) mass is 278 g/mol. The molecule has 7 nitrogen and oxygen atoms in total. The van der Waals surface area contributed by atoms with Crippen molar-refractivity contribution >= 4 is 11.9 Å². The maximum absolute atomic E-state index is 11.5. The lowest BCUT2D eigenvalue weighted by Crippen LogP contribution is -2.34. The minimum Gasteiger partial charge on any atom is -0.341 e. The van der Waals surface area contributed by atoms with Crippen LogP contribution in [0.25, 0.3) is 0 Å². The predicted octanol–water partition coefficient (Wildman–Crippen LogP) is 0.532. The first kappa shape index (κ1) is 13.3. The van der Waals surface area contributed by atoms with E-state index in [1.165, 1.54) is 19.3 Å². The Balaban J connectivity index is 1.63. The lowest BCUT2D eigenvalue weighted by Gasteiger charge is -2.21. The van der Waals surface area contributed by atoms with Crippen molar-refractivity contribution in [3.63, 3.8) is 0 Å². The smallest absolute Gasteiger partial charge is 0.245 e. The highest BCUT2D eigenvalue weighted by atomic mass is 16.2. The molecule has 1 aromatic heterocycles. The van der Waals surface area contributed by atoms with Gasteiger partial charge in [-0.25, -0.2) is 4.68 Å². The second kappa shape index (κ2) is 5.76. The fourth-order valence-electron chi connectivity index (χ4n) is 2.71. The summed E-state index contributed by atoms with van der Waals surface area (Å²) in [5, 5.41) is 12.1. The van der Waals surface area contributed by atoms with Gasteiger partial charge in [0, 0.05) is 39.6 Å². The Bertz CT molecular complexity index is 469. The van der Waals surface area contributed by atoms with Crippen LogP contribution in [0.5, 0.6) is 0 Å². The highest BCUT2D eigenvalue weighted by molar-refractivity contribution is 5.73. The van der Waals surface area contributed by atoms with Crippen molar-refractivity contribution in [2.45, 2.75) is 39.2 Å². The van der Waals surface area contributed by atoms with E-state index in [2.05, 4.69) is 20.4 Å². The van der Waals surface area contributed by atoms with Gasteiger partial charge in [0.15, 0.2) is 0 Å². The molecule has 2 fully saturated rings. The molecular weight excluding hydrogens is 256 g/mol. The molecule has 1 aliphatic carbocycles. The molecule has 0 atom stereocenters. The van der Waals surface area contributed by atoms with E-state index in [1.54, 1.807) is 6.92 Å². The summed E-state index contributed by atoms with van der Waals surface area (Å²) >= 11 is 0. The second-order valence-electron chi connectivity index (χ2n) is 5.78. The molecule has 1 saturated carbocycles. The number of aryl methyl sites for hydroxylation is 1. The summed E-state index contributed by atoms with van der Waals surface area (Å²) in [7, 11) is 0. The van der Waals surface area contributed by atoms with Gasteiger partial charge in [0.25, 0.3) is 0 Å². The molecule has 2 aliphatic rings. The van der Waals surface area contributed by atoms with E-state index >= 15 is 0 Å². The molecule has 0 bridgehead atoms. The number of carbonyl (C=O) groups excluding carboxylic acids is 1. The normalized spacial score (nSPS) is 20.1. The van der Waals surface area contributed by atoms with Gasteiger partial charge in [-0.2, -0.15) is 0 Å². The van der Waals surface area contributed by atoms with E-state index in [0.717, 1.165) is 51.0 Å². The minimum absolute atomic E-state index is 0.153. The Morgan fingerprint density at radius 3 is 2.85 bits per heavy atom. The number of anilines is 1. The highest BCUT2D eigenvalue weighted by Crippen LogP contribution is 2.32. The quantitative estimate of drug-likeness (QED) is 0.804. The van der Waals surface area contributed by atoms with Crippen LogP contribution in [-0.2, 0) is 11.3 Å². The third-order valence-corrected chi connectivity index (χ3v) is 4.18. The Labute approximate surface area is 118 Å². The number of aromatic nitrogens is 4. The van der Waals surface area contributed by atoms with Gasteiger partial charge in [-0.05, 0) is 29.2 Å². The van der Waals surface area contributed by atoms with Crippen LogP contribution in [0.4, 0.5) is 5.95 Å². The zero-order valence-electron chi connectivity index (χ0n) is 12.0. The molecule has 110 valence electrons. The van der Waals surface area contributed by atoms with Gasteiger partial charge in [-0.15, -0.1) is 0 Å². The van der Waals surface area contributed by atoms with Gasteiger partial charge in [-0.3, -0.25) is 4.79 Å². The van der Waals surface area contributed by atoms with Crippen LogP contribution in [0.3, 0.4) is 0 Å². The molecule has 2 heterocycles. The fourth-order valence-corrected chi connectivity index (χ4v) is 2.71. The summed E-state index contributed by atoms with van der Waals surface area (Å²) in [6.07, 6.45) is 4.85. The van der Waals surface area contributed by atoms with Crippen molar-refractivity contribution < 1.29 is 4.79 Å². The van der Waals surface area contributed by atoms with E-state index in [4.69, 9.17) is 0 Å². The summed E-state index contributed by atoms with van der Waals surface area (Å²) in [5.41, 5.74) is 0. The van der Waals surface area contributed by atoms with E-state index in [-0.39, 0.29) is 5.91 Å². The predicted molar refractivity (Wildman–Crippen MR) is 74.2 cm³/mol. The molecule has 1 amide bonds. The summed E-state index contributed by atoms with van der Waals surface area (Å²) in [4.78, 5) is 15.6. The Hall–Kier alpha value is -1.66. The van der Waals surface area contributed by atoms with Crippen LogP contribution in [-0.4, -0.2) is 57.2 Å². The third-order valence-electron chi connectivity index (χ3n) is 4.18. The van der Waals surface area contributed by atoms with Gasteiger partial charge in [0.2, 0.25) is 11.9 Å². The molecule has 7 heteroatoms. The Morgan fingerprint density at radius 2 is 2.10 bits per heavy atom. The molecule has 0 N–H and O–H groups in total. The molecule has 0 aromatic carbocycles. The van der Waals surface area contributed by atoms with Gasteiger partial charge in [0.05, 0.1) is 0 Å². The molecule has 0 radical (unpaired) electrons. The first-order chi connectivity index (χ1) is 9.74. The van der Waals surface area contributed by atoms with Crippen molar-refractivity contribution in [2.75, 3.05) is 31.1 Å². The minimum atomic E-state index is 0.153. The number of tetrazole rings is 1. The fraction of sp³-hybridized carbons (Fsp3) is 0.846.